The van der Waals surface area contributed by atoms with E-state index in [1.807, 2.05) is 13.0 Å². The number of rotatable bonds is 3. The Balaban J connectivity index is 2.62. The lowest BCUT2D eigenvalue weighted by Crippen LogP contribution is -2.46. The molecule has 0 aliphatic carbocycles. The fraction of sp³-hybridized carbons (Fsp3) is 0.200. The minimum atomic E-state index is -0.711. The number of nitrogens with two attached hydrogens (primary N) is 2. The Kier molecular flexibility index (Phi) is 3.16. The van der Waals surface area contributed by atoms with Crippen LogP contribution in [0.3, 0.4) is 0 Å². The van der Waals surface area contributed by atoms with E-state index in [1.54, 1.807) is 12.3 Å². The van der Waals surface area contributed by atoms with Crippen LogP contribution in [0.25, 0.3) is 5.65 Å². The summed E-state index contributed by atoms with van der Waals surface area (Å²) in [6.45, 7) is 1.89. The Morgan fingerprint density at radius 1 is 1.53 bits per heavy atom. The highest BCUT2D eigenvalue weighted by molar-refractivity contribution is 5.46. The van der Waals surface area contributed by atoms with E-state index in [9.17, 15) is 4.79 Å². The highest BCUT2D eigenvalue weighted by atomic mass is 16.1. The molecule has 6 N–H and O–H groups in total. The van der Waals surface area contributed by atoms with Gasteiger partial charge in [-0.1, -0.05) is 6.07 Å². The maximum Gasteiger partial charge on any atom is 0.264 e. The average molecular weight is 234 g/mol. The van der Waals surface area contributed by atoms with E-state index in [2.05, 4.69) is 15.9 Å². The van der Waals surface area contributed by atoms with Gasteiger partial charge in [0.15, 0.2) is 0 Å². The van der Waals surface area contributed by atoms with Crippen LogP contribution in [0.5, 0.6) is 0 Å². The molecule has 7 heteroatoms. The van der Waals surface area contributed by atoms with Crippen molar-refractivity contribution in [1.29, 1.82) is 0 Å². The van der Waals surface area contributed by atoms with Crippen molar-refractivity contribution >= 4 is 5.65 Å². The van der Waals surface area contributed by atoms with Gasteiger partial charge >= 0.3 is 0 Å². The van der Waals surface area contributed by atoms with Crippen LogP contribution in [0.4, 0.5) is 0 Å². The van der Waals surface area contributed by atoms with Crippen LogP contribution in [-0.2, 0) is 0 Å². The Bertz CT molecular complexity index is 593. The van der Waals surface area contributed by atoms with Gasteiger partial charge in [-0.25, -0.2) is 10.4 Å². The van der Waals surface area contributed by atoms with Crippen molar-refractivity contribution in [3.8, 4) is 0 Å². The van der Waals surface area contributed by atoms with E-state index in [-0.39, 0.29) is 5.56 Å². The summed E-state index contributed by atoms with van der Waals surface area (Å²) in [5.74, 6) is 5.08. The number of fused-ring (bicyclic) bond motifs is 1. The van der Waals surface area contributed by atoms with Gasteiger partial charge in [0.1, 0.15) is 11.8 Å². The van der Waals surface area contributed by atoms with Gasteiger partial charge in [-0.2, -0.15) is 5.53 Å². The van der Waals surface area contributed by atoms with Crippen LogP contribution in [0.2, 0.25) is 0 Å². The first-order valence-electron chi connectivity index (χ1n) is 5.08. The molecular formula is C10H14N6O. The topological polar surface area (TPSA) is 110 Å². The molecule has 2 aromatic rings. The first-order valence-corrected chi connectivity index (χ1v) is 5.08. The molecule has 0 aliphatic heterocycles. The standard InChI is InChI=1S/C10H14N6O/c1-6-3-2-4-16-9(6)13-5-7(10(16)17)8(11)14-15-12/h2-5,8,14-15H,11-12H2,1H3. The lowest BCUT2D eigenvalue weighted by atomic mass is 10.2. The molecule has 17 heavy (non-hydrogen) atoms. The summed E-state index contributed by atoms with van der Waals surface area (Å²) < 4.78 is 1.46. The second kappa shape index (κ2) is 4.60. The number of hydrazine groups is 2. The number of pyridine rings is 1. The van der Waals surface area contributed by atoms with Crippen LogP contribution in [0.15, 0.2) is 29.3 Å². The summed E-state index contributed by atoms with van der Waals surface area (Å²) in [5.41, 5.74) is 12.1. The van der Waals surface area contributed by atoms with Crippen molar-refractivity contribution in [2.75, 3.05) is 0 Å². The molecule has 0 radical (unpaired) electrons. The van der Waals surface area contributed by atoms with Crippen LogP contribution in [0.1, 0.15) is 17.3 Å². The van der Waals surface area contributed by atoms with Gasteiger partial charge in [-0.05, 0) is 18.6 Å². The molecule has 0 saturated heterocycles. The number of aryl methyl sites for hydroxylation is 1. The van der Waals surface area contributed by atoms with Gasteiger partial charge in [-0.3, -0.25) is 15.0 Å². The third-order valence-electron chi connectivity index (χ3n) is 2.53. The van der Waals surface area contributed by atoms with Gasteiger partial charge in [0, 0.05) is 12.4 Å². The summed E-state index contributed by atoms with van der Waals surface area (Å²) in [6, 6.07) is 3.68. The van der Waals surface area contributed by atoms with Crippen LogP contribution in [0, 0.1) is 6.92 Å². The second-order valence-electron chi connectivity index (χ2n) is 3.67. The fourth-order valence-electron chi connectivity index (χ4n) is 1.64. The highest BCUT2D eigenvalue weighted by Gasteiger charge is 2.12. The Morgan fingerprint density at radius 2 is 2.29 bits per heavy atom. The Labute approximate surface area is 97.4 Å². The molecule has 90 valence electrons. The van der Waals surface area contributed by atoms with Gasteiger partial charge in [0.25, 0.3) is 5.56 Å². The summed E-state index contributed by atoms with van der Waals surface area (Å²) in [7, 11) is 0. The monoisotopic (exact) mass is 234 g/mol. The molecule has 0 saturated carbocycles. The van der Waals surface area contributed by atoms with Gasteiger partial charge in [0.2, 0.25) is 0 Å². The average Bonchev–Trinajstić information content (AvgIpc) is 2.31. The predicted molar refractivity (Wildman–Crippen MR) is 63.6 cm³/mol. The number of hydrogen-bond acceptors (Lipinski definition) is 6. The second-order valence-corrected chi connectivity index (χ2v) is 3.67. The van der Waals surface area contributed by atoms with Crippen molar-refractivity contribution in [1.82, 2.24) is 20.3 Å². The van der Waals surface area contributed by atoms with E-state index in [1.165, 1.54) is 10.6 Å². The lowest BCUT2D eigenvalue weighted by molar-refractivity contribution is 0.456. The van der Waals surface area contributed by atoms with Gasteiger partial charge in [-0.15, -0.1) is 0 Å². The zero-order valence-electron chi connectivity index (χ0n) is 9.34. The third kappa shape index (κ3) is 2.04. The number of aromatic nitrogens is 2. The molecule has 0 aliphatic rings. The quantitative estimate of drug-likeness (QED) is 0.306. The molecule has 0 aromatic carbocycles. The Hall–Kier alpha value is -1.80. The summed E-state index contributed by atoms with van der Waals surface area (Å²) >= 11 is 0. The van der Waals surface area contributed by atoms with Crippen LogP contribution >= 0.6 is 0 Å². The van der Waals surface area contributed by atoms with Crippen LogP contribution < -0.4 is 28.1 Å². The maximum absolute atomic E-state index is 12.1. The molecule has 1 atom stereocenters. The largest absolute Gasteiger partial charge is 0.311 e. The highest BCUT2D eigenvalue weighted by Crippen LogP contribution is 2.06. The molecule has 0 bridgehead atoms. The third-order valence-corrected chi connectivity index (χ3v) is 2.53. The zero-order valence-corrected chi connectivity index (χ0v) is 9.34. The first-order chi connectivity index (χ1) is 8.15. The minimum absolute atomic E-state index is 0.214. The molecule has 0 fully saturated rings. The first kappa shape index (κ1) is 11.7. The zero-order chi connectivity index (χ0) is 12.4. The van der Waals surface area contributed by atoms with E-state index >= 15 is 0 Å². The van der Waals surface area contributed by atoms with Gasteiger partial charge in [0.05, 0.1) is 5.56 Å². The van der Waals surface area contributed by atoms with Gasteiger partial charge < -0.3 is 5.73 Å². The van der Waals surface area contributed by atoms with E-state index < -0.39 is 6.17 Å². The van der Waals surface area contributed by atoms with E-state index in [0.717, 1.165) is 5.56 Å². The fourth-order valence-corrected chi connectivity index (χ4v) is 1.64. The van der Waals surface area contributed by atoms with Crippen molar-refractivity contribution < 1.29 is 0 Å². The molecule has 2 rings (SSSR count). The predicted octanol–water partition coefficient (Wildman–Crippen LogP) is -1.07. The molecule has 0 spiro atoms. The number of nitrogens with zero attached hydrogens (tertiary/aromatic N) is 2. The number of hydrogen-bond donors (Lipinski definition) is 4. The summed E-state index contributed by atoms with van der Waals surface area (Å²) in [4.78, 5) is 16.4. The molecular weight excluding hydrogens is 220 g/mol. The molecule has 0 amide bonds. The maximum atomic E-state index is 12.1. The molecule has 2 heterocycles. The van der Waals surface area contributed by atoms with Crippen molar-refractivity contribution in [3.63, 3.8) is 0 Å². The summed E-state index contributed by atoms with van der Waals surface area (Å²) in [5, 5.41) is 0. The summed E-state index contributed by atoms with van der Waals surface area (Å²) in [6.07, 6.45) is 2.40. The normalized spacial score (nSPS) is 12.9. The lowest BCUT2D eigenvalue weighted by Gasteiger charge is -2.12. The number of nitrogens with one attached hydrogen (secondary N) is 2. The minimum Gasteiger partial charge on any atom is -0.311 e. The Morgan fingerprint density at radius 3 is 3.00 bits per heavy atom. The van der Waals surface area contributed by atoms with Crippen LogP contribution in [-0.4, -0.2) is 9.38 Å². The smallest absolute Gasteiger partial charge is 0.264 e. The molecule has 1 unspecified atom stereocenters. The van der Waals surface area contributed by atoms with Crippen molar-refractivity contribution in [2.24, 2.45) is 11.6 Å². The van der Waals surface area contributed by atoms with Crippen molar-refractivity contribution in [3.05, 3.63) is 46.0 Å². The van der Waals surface area contributed by atoms with E-state index in [4.69, 9.17) is 11.6 Å². The van der Waals surface area contributed by atoms with E-state index in [0.29, 0.717) is 11.2 Å². The SMILES string of the molecule is Cc1cccn2c(=O)c(C(N)NNN)cnc12. The van der Waals surface area contributed by atoms with Crippen molar-refractivity contribution in [2.45, 2.75) is 13.1 Å². The molecule has 7 nitrogen and oxygen atoms in total. The molecule has 2 aromatic heterocycles.